The van der Waals surface area contributed by atoms with Gasteiger partial charge in [-0.2, -0.15) is 0 Å². The van der Waals surface area contributed by atoms with Gasteiger partial charge < -0.3 is 10.0 Å². The zero-order valence-corrected chi connectivity index (χ0v) is 10.4. The van der Waals surface area contributed by atoms with Crippen molar-refractivity contribution in [2.75, 3.05) is 13.1 Å². The van der Waals surface area contributed by atoms with Crippen molar-refractivity contribution in [3.8, 4) is 0 Å². The molecular formula is C14H21NO2. The Morgan fingerprint density at radius 1 is 1.35 bits per heavy atom. The summed E-state index contributed by atoms with van der Waals surface area (Å²) < 4.78 is 0. The monoisotopic (exact) mass is 235 g/mol. The van der Waals surface area contributed by atoms with Gasteiger partial charge in [0.2, 0.25) is 5.91 Å². The lowest BCUT2D eigenvalue weighted by Gasteiger charge is -2.36. The number of hydrogen-bond donors (Lipinski definition) is 1. The van der Waals surface area contributed by atoms with Gasteiger partial charge in [0, 0.05) is 19.0 Å². The molecule has 0 radical (unpaired) electrons. The molecule has 1 saturated carbocycles. The van der Waals surface area contributed by atoms with Crippen LogP contribution in [0.5, 0.6) is 0 Å². The van der Waals surface area contributed by atoms with Gasteiger partial charge in [0.05, 0.1) is 6.10 Å². The van der Waals surface area contributed by atoms with Crippen LogP contribution in [0.25, 0.3) is 0 Å². The SMILES string of the molecule is CC1CN(C(=O)C2CC3C=CC2C3)CCC1O. The van der Waals surface area contributed by atoms with Crippen molar-refractivity contribution in [2.24, 2.45) is 23.7 Å². The van der Waals surface area contributed by atoms with Crippen LogP contribution in [0.2, 0.25) is 0 Å². The molecule has 1 amide bonds. The molecular weight excluding hydrogens is 214 g/mol. The molecule has 3 rings (SSSR count). The molecule has 94 valence electrons. The molecule has 2 aliphatic carbocycles. The van der Waals surface area contributed by atoms with Crippen molar-refractivity contribution in [1.82, 2.24) is 4.90 Å². The fraction of sp³-hybridized carbons (Fsp3) is 0.786. The topological polar surface area (TPSA) is 40.5 Å². The highest BCUT2D eigenvalue weighted by Crippen LogP contribution is 2.44. The summed E-state index contributed by atoms with van der Waals surface area (Å²) in [7, 11) is 0. The van der Waals surface area contributed by atoms with Gasteiger partial charge in [-0.1, -0.05) is 19.1 Å². The third kappa shape index (κ3) is 1.90. The molecule has 5 atom stereocenters. The Kier molecular flexibility index (Phi) is 2.74. The van der Waals surface area contributed by atoms with E-state index < -0.39 is 0 Å². The summed E-state index contributed by atoms with van der Waals surface area (Å²) >= 11 is 0. The zero-order chi connectivity index (χ0) is 12.0. The quantitative estimate of drug-likeness (QED) is 0.698. The zero-order valence-electron chi connectivity index (χ0n) is 10.4. The van der Waals surface area contributed by atoms with Crippen LogP contribution in [0.15, 0.2) is 12.2 Å². The number of allylic oxidation sites excluding steroid dienone is 2. The Morgan fingerprint density at radius 3 is 2.76 bits per heavy atom. The first kappa shape index (κ1) is 11.3. The largest absolute Gasteiger partial charge is 0.393 e. The summed E-state index contributed by atoms with van der Waals surface area (Å²) in [6, 6.07) is 0. The molecule has 1 saturated heterocycles. The minimum Gasteiger partial charge on any atom is -0.393 e. The number of aliphatic hydroxyl groups is 1. The van der Waals surface area contributed by atoms with Gasteiger partial charge in [-0.3, -0.25) is 4.79 Å². The fourth-order valence-electron chi connectivity index (χ4n) is 3.63. The Morgan fingerprint density at radius 2 is 2.18 bits per heavy atom. The first-order chi connectivity index (χ1) is 8.15. The standard InChI is InChI=1S/C14H21NO2/c1-9-8-15(5-4-13(9)16)14(17)12-7-10-2-3-11(12)6-10/h2-3,9-13,16H,4-8H2,1H3. The van der Waals surface area contributed by atoms with E-state index in [4.69, 9.17) is 0 Å². The van der Waals surface area contributed by atoms with Crippen molar-refractivity contribution in [3.63, 3.8) is 0 Å². The van der Waals surface area contributed by atoms with Crippen LogP contribution in [0.4, 0.5) is 0 Å². The van der Waals surface area contributed by atoms with E-state index in [1.54, 1.807) is 0 Å². The van der Waals surface area contributed by atoms with E-state index >= 15 is 0 Å². The molecule has 0 aromatic carbocycles. The van der Waals surface area contributed by atoms with Crippen LogP contribution in [0.3, 0.4) is 0 Å². The Bertz CT molecular complexity index is 352. The van der Waals surface area contributed by atoms with E-state index in [0.717, 1.165) is 25.9 Å². The van der Waals surface area contributed by atoms with Gasteiger partial charge in [0.25, 0.3) is 0 Å². The minimum absolute atomic E-state index is 0.223. The van der Waals surface area contributed by atoms with E-state index in [9.17, 15) is 9.90 Å². The Balaban J connectivity index is 1.65. The van der Waals surface area contributed by atoms with E-state index in [1.807, 2.05) is 11.8 Å². The van der Waals surface area contributed by atoms with Gasteiger partial charge in [0.1, 0.15) is 0 Å². The number of amides is 1. The molecule has 0 aromatic rings. The highest BCUT2D eigenvalue weighted by Gasteiger charge is 2.42. The minimum atomic E-state index is -0.223. The van der Waals surface area contributed by atoms with E-state index in [0.29, 0.717) is 17.7 Å². The first-order valence-corrected chi connectivity index (χ1v) is 6.80. The van der Waals surface area contributed by atoms with Crippen LogP contribution < -0.4 is 0 Å². The molecule has 0 aromatic heterocycles. The third-order valence-corrected chi connectivity index (χ3v) is 4.77. The van der Waals surface area contributed by atoms with Gasteiger partial charge in [-0.25, -0.2) is 0 Å². The number of likely N-dealkylation sites (tertiary alicyclic amines) is 1. The predicted molar refractivity (Wildman–Crippen MR) is 65.2 cm³/mol. The molecule has 2 bridgehead atoms. The number of piperidine rings is 1. The fourth-order valence-corrected chi connectivity index (χ4v) is 3.63. The molecule has 3 nitrogen and oxygen atoms in total. The molecule has 3 aliphatic rings. The molecule has 5 unspecified atom stereocenters. The molecule has 3 heteroatoms. The van der Waals surface area contributed by atoms with E-state index in [1.165, 1.54) is 6.42 Å². The number of rotatable bonds is 1. The summed E-state index contributed by atoms with van der Waals surface area (Å²) in [5.41, 5.74) is 0. The van der Waals surface area contributed by atoms with Gasteiger partial charge in [-0.05, 0) is 37.0 Å². The number of carbonyl (C=O) groups excluding carboxylic acids is 1. The molecule has 1 aliphatic heterocycles. The average molecular weight is 235 g/mol. The number of fused-ring (bicyclic) bond motifs is 2. The summed E-state index contributed by atoms with van der Waals surface area (Å²) in [5.74, 6) is 1.94. The summed E-state index contributed by atoms with van der Waals surface area (Å²) in [5, 5.41) is 9.70. The second kappa shape index (κ2) is 4.13. The maximum absolute atomic E-state index is 12.5. The number of carbonyl (C=O) groups is 1. The summed E-state index contributed by atoms with van der Waals surface area (Å²) in [4.78, 5) is 14.4. The Hall–Kier alpha value is -0.830. The molecule has 17 heavy (non-hydrogen) atoms. The molecule has 0 spiro atoms. The van der Waals surface area contributed by atoms with Gasteiger partial charge in [0.15, 0.2) is 0 Å². The highest BCUT2D eigenvalue weighted by atomic mass is 16.3. The van der Waals surface area contributed by atoms with Gasteiger partial charge >= 0.3 is 0 Å². The molecule has 2 fully saturated rings. The van der Waals surface area contributed by atoms with Crippen LogP contribution in [-0.4, -0.2) is 35.1 Å². The second-order valence-electron chi connectivity index (χ2n) is 6.00. The number of hydrogen-bond acceptors (Lipinski definition) is 2. The number of aliphatic hydroxyl groups excluding tert-OH is 1. The van der Waals surface area contributed by atoms with Crippen molar-refractivity contribution >= 4 is 5.91 Å². The smallest absolute Gasteiger partial charge is 0.226 e. The van der Waals surface area contributed by atoms with Crippen molar-refractivity contribution in [1.29, 1.82) is 0 Å². The third-order valence-electron chi connectivity index (χ3n) is 4.77. The van der Waals surface area contributed by atoms with Gasteiger partial charge in [-0.15, -0.1) is 0 Å². The number of nitrogens with zero attached hydrogens (tertiary/aromatic N) is 1. The first-order valence-electron chi connectivity index (χ1n) is 6.80. The van der Waals surface area contributed by atoms with Crippen LogP contribution in [0, 0.1) is 23.7 Å². The summed E-state index contributed by atoms with van der Waals surface area (Å²) in [6.45, 7) is 3.50. The maximum Gasteiger partial charge on any atom is 0.226 e. The lowest BCUT2D eigenvalue weighted by atomic mass is 9.90. The lowest BCUT2D eigenvalue weighted by molar-refractivity contribution is -0.139. The lowest BCUT2D eigenvalue weighted by Crippen LogP contribution is -2.47. The van der Waals surface area contributed by atoms with E-state index in [-0.39, 0.29) is 17.9 Å². The molecule has 1 N–H and O–H groups in total. The molecule has 1 heterocycles. The van der Waals surface area contributed by atoms with Crippen LogP contribution >= 0.6 is 0 Å². The maximum atomic E-state index is 12.5. The summed E-state index contributed by atoms with van der Waals surface area (Å²) in [6.07, 6.45) is 7.26. The predicted octanol–water partition coefficient (Wildman–Crippen LogP) is 1.43. The highest BCUT2D eigenvalue weighted by molar-refractivity contribution is 5.80. The Labute approximate surface area is 102 Å². The van der Waals surface area contributed by atoms with Crippen LogP contribution in [-0.2, 0) is 4.79 Å². The van der Waals surface area contributed by atoms with Crippen molar-refractivity contribution in [3.05, 3.63) is 12.2 Å². The normalized spacial score (nSPS) is 44.4. The van der Waals surface area contributed by atoms with Crippen molar-refractivity contribution < 1.29 is 9.90 Å². The van der Waals surface area contributed by atoms with Crippen LogP contribution in [0.1, 0.15) is 26.2 Å². The van der Waals surface area contributed by atoms with Crippen molar-refractivity contribution in [2.45, 2.75) is 32.3 Å². The second-order valence-corrected chi connectivity index (χ2v) is 6.00. The van der Waals surface area contributed by atoms with E-state index in [2.05, 4.69) is 12.2 Å². The average Bonchev–Trinajstić information content (AvgIpc) is 2.93.